The number of hydrogen-bond acceptors (Lipinski definition) is 6. The number of pyridine rings is 1. The minimum absolute atomic E-state index is 0.0405. The quantitative estimate of drug-likeness (QED) is 0.561. The average Bonchev–Trinajstić information content (AvgIpc) is 3.31. The third-order valence-corrected chi connectivity index (χ3v) is 4.48. The lowest BCUT2D eigenvalue weighted by molar-refractivity contribution is 0.0946. The Morgan fingerprint density at radius 3 is 2.66 bits per heavy atom. The second-order valence-corrected chi connectivity index (χ2v) is 6.35. The van der Waals surface area contributed by atoms with Crippen molar-refractivity contribution in [3.63, 3.8) is 0 Å². The first-order valence-electron chi connectivity index (χ1n) is 8.88. The van der Waals surface area contributed by atoms with Crippen LogP contribution in [0.15, 0.2) is 53.2 Å². The minimum atomic E-state index is -0.489. The van der Waals surface area contributed by atoms with Gasteiger partial charge in [-0.05, 0) is 38.1 Å². The maximum Gasteiger partial charge on any atom is 0.274 e. The summed E-state index contributed by atoms with van der Waals surface area (Å²) in [5.74, 6) is -0.326. The number of nitrogens with zero attached hydrogens (tertiary/aromatic N) is 5. The first kappa shape index (κ1) is 18.5. The number of para-hydroxylation sites is 1. The fraction of sp³-hybridized carbons (Fsp3) is 0.150. The van der Waals surface area contributed by atoms with Crippen LogP contribution in [0.4, 0.5) is 4.39 Å². The summed E-state index contributed by atoms with van der Waals surface area (Å²) >= 11 is 0. The standard InChI is InChI=1S/C20H17FN6O2/c1-12-14(13(2)29-25-12)11-23-20(28)18-19(16-8-5-6-10-22-16)27(26-24-18)17-9-4-3-7-15(17)21/h3-10H,11H2,1-2H3,(H,23,28). The van der Waals surface area contributed by atoms with Crippen molar-refractivity contribution in [2.24, 2.45) is 0 Å². The van der Waals surface area contributed by atoms with Gasteiger partial charge in [-0.3, -0.25) is 9.78 Å². The van der Waals surface area contributed by atoms with Gasteiger partial charge in [0, 0.05) is 18.3 Å². The smallest absolute Gasteiger partial charge is 0.274 e. The summed E-state index contributed by atoms with van der Waals surface area (Å²) in [6, 6.07) is 11.4. The van der Waals surface area contributed by atoms with Gasteiger partial charge in [-0.1, -0.05) is 28.6 Å². The van der Waals surface area contributed by atoms with E-state index in [1.807, 2.05) is 0 Å². The lowest BCUT2D eigenvalue weighted by Crippen LogP contribution is -2.24. The summed E-state index contributed by atoms with van der Waals surface area (Å²) < 4.78 is 20.8. The van der Waals surface area contributed by atoms with Crippen LogP contribution in [0.1, 0.15) is 27.5 Å². The van der Waals surface area contributed by atoms with Gasteiger partial charge in [-0.25, -0.2) is 9.07 Å². The summed E-state index contributed by atoms with van der Waals surface area (Å²) in [5.41, 5.74) is 2.45. The molecule has 0 fully saturated rings. The topological polar surface area (TPSA) is 98.7 Å². The van der Waals surface area contributed by atoms with Crippen LogP contribution in [0.3, 0.4) is 0 Å². The second-order valence-electron chi connectivity index (χ2n) is 6.35. The van der Waals surface area contributed by atoms with Crippen molar-refractivity contribution >= 4 is 5.91 Å². The van der Waals surface area contributed by atoms with Crippen molar-refractivity contribution in [1.29, 1.82) is 0 Å². The molecule has 4 aromatic rings. The van der Waals surface area contributed by atoms with Crippen LogP contribution >= 0.6 is 0 Å². The van der Waals surface area contributed by atoms with E-state index in [9.17, 15) is 9.18 Å². The van der Waals surface area contributed by atoms with Crippen molar-refractivity contribution in [2.45, 2.75) is 20.4 Å². The van der Waals surface area contributed by atoms with Crippen LogP contribution in [-0.2, 0) is 6.54 Å². The Morgan fingerprint density at radius 1 is 1.17 bits per heavy atom. The molecule has 0 unspecified atom stereocenters. The maximum absolute atomic E-state index is 14.4. The molecule has 0 aliphatic rings. The molecule has 9 heteroatoms. The van der Waals surface area contributed by atoms with Gasteiger partial charge in [0.2, 0.25) is 0 Å². The second kappa shape index (κ2) is 7.63. The maximum atomic E-state index is 14.4. The number of amides is 1. The van der Waals surface area contributed by atoms with Crippen molar-refractivity contribution in [1.82, 2.24) is 30.5 Å². The number of carbonyl (C=O) groups excluding carboxylic acids is 1. The van der Waals surface area contributed by atoms with Gasteiger partial charge in [-0.15, -0.1) is 5.10 Å². The Labute approximate surface area is 165 Å². The molecule has 0 radical (unpaired) electrons. The summed E-state index contributed by atoms with van der Waals surface area (Å²) in [6.45, 7) is 3.79. The largest absolute Gasteiger partial charge is 0.361 e. The van der Waals surface area contributed by atoms with Crippen LogP contribution in [0.5, 0.6) is 0 Å². The number of halogens is 1. The molecule has 8 nitrogen and oxygen atoms in total. The van der Waals surface area contributed by atoms with Crippen molar-refractivity contribution in [3.8, 4) is 17.1 Å². The van der Waals surface area contributed by atoms with Gasteiger partial charge < -0.3 is 9.84 Å². The summed E-state index contributed by atoms with van der Waals surface area (Å²) in [4.78, 5) is 17.2. The van der Waals surface area contributed by atoms with Gasteiger partial charge >= 0.3 is 0 Å². The van der Waals surface area contributed by atoms with E-state index in [0.717, 1.165) is 5.56 Å². The molecular weight excluding hydrogens is 375 g/mol. The molecule has 0 bridgehead atoms. The number of aromatic nitrogens is 5. The molecule has 0 saturated carbocycles. The molecule has 0 aliphatic heterocycles. The van der Waals surface area contributed by atoms with Gasteiger partial charge in [0.15, 0.2) is 5.69 Å². The lowest BCUT2D eigenvalue weighted by atomic mass is 10.1. The van der Waals surface area contributed by atoms with Gasteiger partial charge in [-0.2, -0.15) is 0 Å². The number of carbonyl (C=O) groups is 1. The highest BCUT2D eigenvalue weighted by Gasteiger charge is 2.24. The fourth-order valence-electron chi connectivity index (χ4n) is 2.97. The first-order chi connectivity index (χ1) is 14.1. The summed E-state index contributed by atoms with van der Waals surface area (Å²) in [5, 5.41) is 14.7. The summed E-state index contributed by atoms with van der Waals surface area (Å²) in [7, 11) is 0. The highest BCUT2D eigenvalue weighted by molar-refractivity contribution is 5.97. The van der Waals surface area contributed by atoms with E-state index in [2.05, 4.69) is 25.8 Å². The number of nitrogens with one attached hydrogen (secondary N) is 1. The predicted molar refractivity (Wildman–Crippen MR) is 102 cm³/mol. The number of hydrogen-bond donors (Lipinski definition) is 1. The molecule has 0 spiro atoms. The van der Waals surface area contributed by atoms with E-state index >= 15 is 0 Å². The monoisotopic (exact) mass is 392 g/mol. The molecule has 29 heavy (non-hydrogen) atoms. The molecule has 0 aliphatic carbocycles. The van der Waals surface area contributed by atoms with E-state index in [1.54, 1.807) is 56.4 Å². The fourth-order valence-corrected chi connectivity index (χ4v) is 2.97. The molecule has 4 rings (SSSR count). The molecule has 3 aromatic heterocycles. The Kier molecular flexibility index (Phi) is 4.86. The molecule has 0 saturated heterocycles. The number of benzene rings is 1. The van der Waals surface area contributed by atoms with Crippen LogP contribution < -0.4 is 5.32 Å². The number of rotatable bonds is 5. The molecule has 0 atom stereocenters. The van der Waals surface area contributed by atoms with E-state index in [4.69, 9.17) is 4.52 Å². The normalized spacial score (nSPS) is 10.9. The minimum Gasteiger partial charge on any atom is -0.361 e. The Balaban J connectivity index is 1.74. The zero-order valence-electron chi connectivity index (χ0n) is 15.8. The SMILES string of the molecule is Cc1noc(C)c1CNC(=O)c1nnn(-c2ccccc2F)c1-c1ccccn1. The predicted octanol–water partition coefficient (Wildman–Crippen LogP) is 3.00. The Bertz CT molecular complexity index is 1150. The van der Waals surface area contributed by atoms with Gasteiger partial charge in [0.1, 0.15) is 23.0 Å². The van der Waals surface area contributed by atoms with E-state index < -0.39 is 11.7 Å². The van der Waals surface area contributed by atoms with Crippen molar-refractivity contribution in [2.75, 3.05) is 0 Å². The highest BCUT2D eigenvalue weighted by Crippen LogP contribution is 2.25. The molecule has 1 amide bonds. The molecule has 1 N–H and O–H groups in total. The number of aryl methyl sites for hydroxylation is 2. The third kappa shape index (κ3) is 3.49. The van der Waals surface area contributed by atoms with E-state index in [0.29, 0.717) is 22.8 Å². The Hall–Kier alpha value is -3.88. The average molecular weight is 392 g/mol. The molecular formula is C20H17FN6O2. The van der Waals surface area contributed by atoms with Gasteiger partial charge in [0.05, 0.1) is 11.4 Å². The molecule has 146 valence electrons. The first-order valence-corrected chi connectivity index (χ1v) is 8.88. The van der Waals surface area contributed by atoms with Crippen LogP contribution in [0.2, 0.25) is 0 Å². The van der Waals surface area contributed by atoms with E-state index in [1.165, 1.54) is 10.7 Å². The highest BCUT2D eigenvalue weighted by atomic mass is 19.1. The molecule has 1 aromatic carbocycles. The Morgan fingerprint density at radius 2 is 1.97 bits per heavy atom. The lowest BCUT2D eigenvalue weighted by Gasteiger charge is -2.09. The summed E-state index contributed by atoms with van der Waals surface area (Å²) in [6.07, 6.45) is 1.58. The zero-order valence-corrected chi connectivity index (χ0v) is 15.8. The van der Waals surface area contributed by atoms with Crippen LogP contribution in [0.25, 0.3) is 17.1 Å². The van der Waals surface area contributed by atoms with Crippen LogP contribution in [-0.4, -0.2) is 31.0 Å². The van der Waals surface area contributed by atoms with E-state index in [-0.39, 0.29) is 17.9 Å². The zero-order chi connectivity index (χ0) is 20.4. The van der Waals surface area contributed by atoms with Gasteiger partial charge in [0.25, 0.3) is 5.91 Å². The van der Waals surface area contributed by atoms with Crippen molar-refractivity contribution < 1.29 is 13.7 Å². The molecule has 3 heterocycles. The third-order valence-electron chi connectivity index (χ3n) is 4.48. The van der Waals surface area contributed by atoms with Crippen molar-refractivity contribution in [3.05, 3.63) is 77.2 Å². The van der Waals surface area contributed by atoms with Crippen LogP contribution in [0, 0.1) is 19.7 Å².